The zero-order chi connectivity index (χ0) is 35.8. The summed E-state index contributed by atoms with van der Waals surface area (Å²) in [5.74, 6) is -1.94. The van der Waals surface area contributed by atoms with E-state index in [0.717, 1.165) is 27.8 Å². The number of fused-ring (bicyclic) bond motifs is 3. The summed E-state index contributed by atoms with van der Waals surface area (Å²) in [6.45, 7) is 11.4. The van der Waals surface area contributed by atoms with Crippen LogP contribution in [-0.2, 0) is 39.9 Å². The summed E-state index contributed by atoms with van der Waals surface area (Å²) in [5.41, 5.74) is 3.44. The topological polar surface area (TPSA) is 138 Å². The molecule has 0 aliphatic heterocycles. The predicted octanol–water partition coefficient (Wildman–Crippen LogP) is 6.28. The first-order chi connectivity index (χ1) is 23.1. The first-order valence-corrected chi connectivity index (χ1v) is 16.3. The standard InChI is InChI=1S/C38H46N2O9/c1-24(48-37(2,3)4)32(40-35(43)47-22-30-28-19-13-11-17-26(28)27-18-12-14-20-29(27)30)34(42)46-23-31(39-36(44)49-38(5,6)7)33(41)45-21-25-15-9-8-10-16-25/h8-20,24,30-32H,21-23H2,1-7H3,(H,39,44)(H,40,43)/t24-,31+,32+/m1/s1. The summed E-state index contributed by atoms with van der Waals surface area (Å²) >= 11 is 0. The van der Waals surface area contributed by atoms with Crippen molar-refractivity contribution in [3.8, 4) is 11.1 Å². The molecule has 2 N–H and O–H groups in total. The highest BCUT2D eigenvalue weighted by atomic mass is 16.6. The van der Waals surface area contributed by atoms with Crippen LogP contribution < -0.4 is 10.6 Å². The van der Waals surface area contributed by atoms with Gasteiger partial charge >= 0.3 is 24.1 Å². The molecular weight excluding hydrogens is 628 g/mol. The lowest BCUT2D eigenvalue weighted by molar-refractivity contribution is -0.158. The third-order valence-electron chi connectivity index (χ3n) is 7.47. The van der Waals surface area contributed by atoms with Crippen LogP contribution in [-0.4, -0.2) is 66.7 Å². The maximum atomic E-state index is 13.5. The minimum atomic E-state index is -1.41. The van der Waals surface area contributed by atoms with Gasteiger partial charge in [0.1, 0.15) is 25.4 Å². The van der Waals surface area contributed by atoms with Crippen LogP contribution in [0, 0.1) is 0 Å². The van der Waals surface area contributed by atoms with Gasteiger partial charge in [0.15, 0.2) is 12.1 Å². The van der Waals surface area contributed by atoms with Crippen LogP contribution in [0.5, 0.6) is 0 Å². The molecule has 0 saturated heterocycles. The van der Waals surface area contributed by atoms with E-state index in [1.165, 1.54) is 0 Å². The SMILES string of the molecule is C[C@@H](OC(C)(C)C)[C@H](NC(=O)OCC1c2ccccc2-c2ccccc21)C(=O)OC[C@H](NC(=O)OC(C)(C)C)C(=O)OCc1ccccc1. The molecule has 0 saturated carbocycles. The monoisotopic (exact) mass is 674 g/mol. The van der Waals surface area contributed by atoms with Gasteiger partial charge in [-0.25, -0.2) is 19.2 Å². The van der Waals surface area contributed by atoms with Crippen LogP contribution in [0.25, 0.3) is 11.1 Å². The molecule has 0 heterocycles. The molecule has 0 unspecified atom stereocenters. The van der Waals surface area contributed by atoms with Gasteiger partial charge in [0.2, 0.25) is 0 Å². The van der Waals surface area contributed by atoms with Crippen molar-refractivity contribution in [3.05, 3.63) is 95.6 Å². The van der Waals surface area contributed by atoms with Crippen molar-refractivity contribution in [1.82, 2.24) is 10.6 Å². The predicted molar refractivity (Wildman–Crippen MR) is 183 cm³/mol. The Balaban J connectivity index is 1.45. The number of carbonyl (C=O) groups is 4. The number of esters is 2. The largest absolute Gasteiger partial charge is 0.461 e. The maximum Gasteiger partial charge on any atom is 0.408 e. The van der Waals surface area contributed by atoms with Crippen LogP contribution >= 0.6 is 0 Å². The number of hydrogen-bond acceptors (Lipinski definition) is 9. The highest BCUT2D eigenvalue weighted by Gasteiger charge is 2.35. The van der Waals surface area contributed by atoms with E-state index in [-0.39, 0.29) is 19.1 Å². The van der Waals surface area contributed by atoms with Crippen molar-refractivity contribution in [1.29, 1.82) is 0 Å². The minimum absolute atomic E-state index is 0.0330. The third-order valence-corrected chi connectivity index (χ3v) is 7.47. The van der Waals surface area contributed by atoms with E-state index in [1.54, 1.807) is 52.0 Å². The van der Waals surface area contributed by atoms with Gasteiger partial charge in [0.25, 0.3) is 0 Å². The van der Waals surface area contributed by atoms with Crippen LogP contribution in [0.3, 0.4) is 0 Å². The first kappa shape index (κ1) is 36.9. The lowest BCUT2D eigenvalue weighted by atomic mass is 9.98. The molecule has 0 aromatic heterocycles. The fourth-order valence-electron chi connectivity index (χ4n) is 5.46. The number of carbonyl (C=O) groups excluding carboxylic acids is 4. The number of nitrogens with one attached hydrogen (secondary N) is 2. The van der Waals surface area contributed by atoms with Crippen molar-refractivity contribution in [2.24, 2.45) is 0 Å². The van der Waals surface area contributed by atoms with Crippen molar-refractivity contribution >= 4 is 24.1 Å². The van der Waals surface area contributed by atoms with Gasteiger partial charge in [-0.2, -0.15) is 0 Å². The summed E-state index contributed by atoms with van der Waals surface area (Å²) in [5, 5.41) is 5.02. The molecule has 0 fully saturated rings. The molecule has 0 bridgehead atoms. The van der Waals surface area contributed by atoms with Crippen molar-refractivity contribution in [2.75, 3.05) is 13.2 Å². The van der Waals surface area contributed by atoms with E-state index in [1.807, 2.05) is 75.4 Å². The number of benzene rings is 3. The van der Waals surface area contributed by atoms with Gasteiger partial charge in [0.05, 0.1) is 11.7 Å². The van der Waals surface area contributed by atoms with E-state index in [0.29, 0.717) is 0 Å². The second kappa shape index (κ2) is 16.0. The molecule has 1 aliphatic rings. The summed E-state index contributed by atoms with van der Waals surface area (Å²) in [6.07, 6.45) is -2.61. The zero-order valence-corrected chi connectivity index (χ0v) is 29.1. The normalized spacial score (nSPS) is 14.3. The molecule has 11 heteroatoms. The Bertz CT molecular complexity index is 1570. The van der Waals surface area contributed by atoms with Crippen LogP contribution in [0.15, 0.2) is 78.9 Å². The van der Waals surface area contributed by atoms with Crippen LogP contribution in [0.2, 0.25) is 0 Å². The Labute approximate surface area is 287 Å². The Kier molecular flexibility index (Phi) is 12.1. The van der Waals surface area contributed by atoms with Gasteiger partial charge in [-0.1, -0.05) is 78.9 Å². The molecule has 3 aromatic rings. The molecule has 3 atom stereocenters. The molecule has 262 valence electrons. The lowest BCUT2D eigenvalue weighted by Gasteiger charge is -2.30. The van der Waals surface area contributed by atoms with E-state index >= 15 is 0 Å². The smallest absolute Gasteiger partial charge is 0.408 e. The number of ether oxygens (including phenoxy) is 5. The summed E-state index contributed by atoms with van der Waals surface area (Å²) in [7, 11) is 0. The maximum absolute atomic E-state index is 13.5. The average Bonchev–Trinajstić information content (AvgIpc) is 3.35. The first-order valence-electron chi connectivity index (χ1n) is 16.3. The van der Waals surface area contributed by atoms with E-state index < -0.39 is 60.1 Å². The molecule has 3 aromatic carbocycles. The number of hydrogen-bond donors (Lipinski definition) is 2. The molecule has 11 nitrogen and oxygen atoms in total. The molecule has 49 heavy (non-hydrogen) atoms. The van der Waals surface area contributed by atoms with Crippen molar-refractivity contribution in [2.45, 2.75) is 90.4 Å². The highest BCUT2D eigenvalue weighted by molar-refractivity contribution is 5.84. The quantitative estimate of drug-likeness (QED) is 0.168. The fourth-order valence-corrected chi connectivity index (χ4v) is 5.46. The minimum Gasteiger partial charge on any atom is -0.461 e. The number of amides is 2. The van der Waals surface area contributed by atoms with E-state index in [2.05, 4.69) is 10.6 Å². The van der Waals surface area contributed by atoms with E-state index in [4.69, 9.17) is 23.7 Å². The van der Waals surface area contributed by atoms with Gasteiger partial charge in [0, 0.05) is 5.92 Å². The highest BCUT2D eigenvalue weighted by Crippen LogP contribution is 2.44. The van der Waals surface area contributed by atoms with Gasteiger partial charge in [-0.3, -0.25) is 0 Å². The van der Waals surface area contributed by atoms with Gasteiger partial charge in [-0.15, -0.1) is 0 Å². The molecule has 2 amide bonds. The second-order valence-corrected chi connectivity index (χ2v) is 13.8. The molecule has 1 aliphatic carbocycles. The number of alkyl carbamates (subject to hydrolysis) is 2. The lowest BCUT2D eigenvalue weighted by Crippen LogP contribution is -2.53. The van der Waals surface area contributed by atoms with E-state index in [9.17, 15) is 19.2 Å². The van der Waals surface area contributed by atoms with Crippen LogP contribution in [0.4, 0.5) is 9.59 Å². The summed E-state index contributed by atoms with van der Waals surface area (Å²) in [4.78, 5) is 52.4. The van der Waals surface area contributed by atoms with Crippen molar-refractivity contribution < 1.29 is 42.9 Å². The summed E-state index contributed by atoms with van der Waals surface area (Å²) < 4.78 is 27.9. The molecule has 0 spiro atoms. The zero-order valence-electron chi connectivity index (χ0n) is 29.1. The molecule has 0 radical (unpaired) electrons. The van der Waals surface area contributed by atoms with Gasteiger partial charge in [-0.05, 0) is 76.3 Å². The van der Waals surface area contributed by atoms with Crippen LogP contribution in [0.1, 0.15) is 71.1 Å². The molecule has 4 rings (SSSR count). The Hall–Kier alpha value is -4.90. The van der Waals surface area contributed by atoms with Crippen molar-refractivity contribution in [3.63, 3.8) is 0 Å². The second-order valence-electron chi connectivity index (χ2n) is 13.8. The number of rotatable bonds is 12. The van der Waals surface area contributed by atoms with Gasteiger partial charge < -0.3 is 34.3 Å². The Morgan fingerprint density at radius 3 is 1.82 bits per heavy atom. The Morgan fingerprint density at radius 1 is 0.673 bits per heavy atom. The summed E-state index contributed by atoms with van der Waals surface area (Å²) in [6, 6.07) is 22.2. The average molecular weight is 675 g/mol. The fraction of sp³-hybridized carbons (Fsp3) is 0.421. The molecular formula is C38H46N2O9. The Morgan fingerprint density at radius 2 is 1.24 bits per heavy atom. The third kappa shape index (κ3) is 10.8.